The smallest absolute Gasteiger partial charge is 0.0607 e. The summed E-state index contributed by atoms with van der Waals surface area (Å²) in [5, 5.41) is 0.859. The molecule has 0 aliphatic heterocycles. The van der Waals surface area contributed by atoms with Crippen LogP contribution in [0.5, 0.6) is 0 Å². The second kappa shape index (κ2) is 6.92. The van der Waals surface area contributed by atoms with Crippen LogP contribution in [0.25, 0.3) is 0 Å². The van der Waals surface area contributed by atoms with Crippen LogP contribution in [0.2, 0.25) is 0 Å². The van der Waals surface area contributed by atoms with Gasteiger partial charge in [-0.15, -0.1) is 0 Å². The lowest BCUT2D eigenvalue weighted by atomic mass is 10.0. The fraction of sp³-hybridized carbons (Fsp3) is 0.125. The summed E-state index contributed by atoms with van der Waals surface area (Å²) in [6.07, 6.45) is 0. The second-order valence-corrected chi connectivity index (χ2v) is 5.02. The third-order valence-electron chi connectivity index (χ3n) is 2.47. The molecule has 0 bridgehead atoms. The van der Waals surface area contributed by atoms with E-state index in [0.29, 0.717) is 5.03 Å². The van der Waals surface area contributed by atoms with E-state index in [2.05, 4.69) is 30.8 Å². The lowest BCUT2D eigenvalue weighted by molar-refractivity contribution is 1.16. The van der Waals surface area contributed by atoms with Crippen molar-refractivity contribution in [3.8, 4) is 0 Å². The quantitative estimate of drug-likeness (QED) is 0.868. The molecule has 94 valence electrons. The number of thioether (sulfide) groups is 1. The average molecular weight is 257 g/mol. The fourth-order valence-corrected chi connectivity index (χ4v) is 2.62. The second-order valence-electron chi connectivity index (χ2n) is 3.79. The number of rotatable bonds is 4. The van der Waals surface area contributed by atoms with Gasteiger partial charge in [0, 0.05) is 0 Å². The molecule has 0 aromatic heterocycles. The van der Waals surface area contributed by atoms with E-state index in [1.807, 2.05) is 36.4 Å². The maximum atomic E-state index is 5.74. The largest absolute Gasteiger partial charge is 0.394 e. The molecular formula is C16H19NS. The molecule has 1 nitrogen and oxygen atoms in total. The first-order valence-electron chi connectivity index (χ1n) is 5.48. The highest BCUT2D eigenvalue weighted by atomic mass is 32.2. The Morgan fingerprint density at radius 3 is 1.61 bits per heavy atom. The molecule has 0 radical (unpaired) electrons. The van der Waals surface area contributed by atoms with Gasteiger partial charge in [-0.2, -0.15) is 0 Å². The van der Waals surface area contributed by atoms with Crippen molar-refractivity contribution < 1.29 is 0 Å². The maximum Gasteiger partial charge on any atom is 0.0607 e. The maximum absolute atomic E-state index is 5.74. The van der Waals surface area contributed by atoms with Crippen LogP contribution in [-0.2, 0) is 0 Å². The van der Waals surface area contributed by atoms with E-state index >= 15 is 0 Å². The molecule has 0 atom stereocenters. The third-order valence-corrected chi connectivity index (χ3v) is 3.56. The highest BCUT2D eigenvalue weighted by Gasteiger charge is 2.14. The molecule has 0 saturated carbocycles. The Morgan fingerprint density at radius 1 is 0.889 bits per heavy atom. The molecule has 0 fully saturated rings. The zero-order chi connectivity index (χ0) is 12.1. The third kappa shape index (κ3) is 3.67. The molecule has 2 rings (SSSR count). The molecule has 2 aromatic carbocycles. The summed E-state index contributed by atoms with van der Waals surface area (Å²) in [6, 6.07) is 20.7. The van der Waals surface area contributed by atoms with Crippen LogP contribution in [0.1, 0.15) is 23.8 Å². The van der Waals surface area contributed by atoms with E-state index in [4.69, 9.17) is 5.73 Å². The summed E-state index contributed by atoms with van der Waals surface area (Å²) in [6.45, 7) is 3.79. The Kier molecular flexibility index (Phi) is 5.53. The predicted molar refractivity (Wildman–Crippen MR) is 82.4 cm³/mol. The van der Waals surface area contributed by atoms with Gasteiger partial charge in [0.1, 0.15) is 0 Å². The van der Waals surface area contributed by atoms with Crippen molar-refractivity contribution >= 4 is 11.8 Å². The Bertz CT molecular complexity index is 439. The summed E-state index contributed by atoms with van der Waals surface area (Å²) < 4.78 is 0. The monoisotopic (exact) mass is 257 g/mol. The molecule has 2 aromatic rings. The number of benzene rings is 2. The normalized spacial score (nSPS) is 9.83. The summed E-state index contributed by atoms with van der Waals surface area (Å²) >= 11 is 1.59. The van der Waals surface area contributed by atoms with Crippen LogP contribution in [0.15, 0.2) is 72.3 Å². The number of hydrogen-bond acceptors (Lipinski definition) is 2. The Labute approximate surface area is 114 Å². The first kappa shape index (κ1) is 14.4. The van der Waals surface area contributed by atoms with Gasteiger partial charge in [-0.05, 0) is 11.1 Å². The van der Waals surface area contributed by atoms with E-state index in [1.165, 1.54) is 11.1 Å². The minimum Gasteiger partial charge on any atom is -0.394 e. The van der Waals surface area contributed by atoms with Gasteiger partial charge in [-0.1, -0.05) is 86.4 Å². The van der Waals surface area contributed by atoms with Crippen LogP contribution in [-0.4, -0.2) is 0 Å². The van der Waals surface area contributed by atoms with Gasteiger partial charge in [0.05, 0.1) is 10.3 Å². The molecule has 2 N–H and O–H groups in total. The van der Waals surface area contributed by atoms with Crippen LogP contribution in [0, 0.1) is 0 Å². The van der Waals surface area contributed by atoms with Crippen molar-refractivity contribution in [1.29, 1.82) is 0 Å². The summed E-state index contributed by atoms with van der Waals surface area (Å²) in [5.41, 5.74) is 8.23. The molecule has 0 amide bonds. The van der Waals surface area contributed by atoms with Gasteiger partial charge < -0.3 is 5.73 Å². The molecule has 0 saturated heterocycles. The van der Waals surface area contributed by atoms with Crippen LogP contribution < -0.4 is 5.73 Å². The molecule has 0 aliphatic rings. The topological polar surface area (TPSA) is 26.0 Å². The van der Waals surface area contributed by atoms with Crippen molar-refractivity contribution in [1.82, 2.24) is 0 Å². The molecule has 0 heterocycles. The minimum absolute atomic E-state index is 0. The Morgan fingerprint density at radius 2 is 1.28 bits per heavy atom. The van der Waals surface area contributed by atoms with Crippen molar-refractivity contribution in [2.45, 2.75) is 12.7 Å². The fourth-order valence-electron chi connectivity index (χ4n) is 1.74. The zero-order valence-electron chi connectivity index (χ0n) is 9.54. The van der Waals surface area contributed by atoms with Crippen LogP contribution in [0.4, 0.5) is 0 Å². The summed E-state index contributed by atoms with van der Waals surface area (Å²) in [7, 11) is 0. The lowest BCUT2D eigenvalue weighted by Gasteiger charge is -2.17. The van der Waals surface area contributed by atoms with Crippen molar-refractivity contribution in [2.75, 3.05) is 0 Å². The highest BCUT2D eigenvalue weighted by molar-refractivity contribution is 8.03. The SMILES string of the molecule is C.C=C(N)SC(c1ccccc1)c1ccccc1. The van der Waals surface area contributed by atoms with Crippen LogP contribution in [0.3, 0.4) is 0 Å². The minimum atomic E-state index is 0. The standard InChI is InChI=1S/C15H15NS.CH4/c1-12(16)17-15(13-8-4-2-5-9-13)14-10-6-3-7-11-14;/h2-11,15H,1,16H2;1H4. The van der Waals surface area contributed by atoms with Gasteiger partial charge in [0.2, 0.25) is 0 Å². The molecule has 0 unspecified atom stereocenters. The number of hydrogen-bond donors (Lipinski definition) is 1. The Hall–Kier alpha value is -1.67. The average Bonchev–Trinajstić information content (AvgIpc) is 2.38. The highest BCUT2D eigenvalue weighted by Crippen LogP contribution is 2.37. The molecule has 0 spiro atoms. The predicted octanol–water partition coefficient (Wildman–Crippen LogP) is 4.58. The van der Waals surface area contributed by atoms with Crippen LogP contribution >= 0.6 is 11.8 Å². The molecular weight excluding hydrogens is 238 g/mol. The van der Waals surface area contributed by atoms with Gasteiger partial charge in [-0.25, -0.2) is 0 Å². The van der Waals surface area contributed by atoms with Gasteiger partial charge >= 0.3 is 0 Å². The van der Waals surface area contributed by atoms with E-state index in [-0.39, 0.29) is 12.7 Å². The molecule has 2 heteroatoms. The van der Waals surface area contributed by atoms with Gasteiger partial charge in [0.15, 0.2) is 0 Å². The first-order valence-corrected chi connectivity index (χ1v) is 6.36. The van der Waals surface area contributed by atoms with Crippen molar-refractivity contribution in [3.05, 3.63) is 83.4 Å². The van der Waals surface area contributed by atoms with E-state index in [0.717, 1.165) is 0 Å². The van der Waals surface area contributed by atoms with Crippen molar-refractivity contribution in [2.24, 2.45) is 5.73 Å². The Balaban J connectivity index is 0.00000162. The first-order chi connectivity index (χ1) is 8.27. The zero-order valence-corrected chi connectivity index (χ0v) is 10.4. The summed E-state index contributed by atoms with van der Waals surface area (Å²) in [4.78, 5) is 0. The van der Waals surface area contributed by atoms with E-state index in [9.17, 15) is 0 Å². The van der Waals surface area contributed by atoms with Gasteiger partial charge in [-0.3, -0.25) is 0 Å². The number of nitrogens with two attached hydrogens (primary N) is 1. The van der Waals surface area contributed by atoms with E-state index < -0.39 is 0 Å². The molecule has 0 aliphatic carbocycles. The van der Waals surface area contributed by atoms with Gasteiger partial charge in [0.25, 0.3) is 0 Å². The lowest BCUT2D eigenvalue weighted by Crippen LogP contribution is -2.00. The van der Waals surface area contributed by atoms with Crippen molar-refractivity contribution in [3.63, 3.8) is 0 Å². The van der Waals surface area contributed by atoms with E-state index in [1.54, 1.807) is 11.8 Å². The molecule has 18 heavy (non-hydrogen) atoms. The summed E-state index contributed by atoms with van der Waals surface area (Å²) in [5.74, 6) is 0.